The van der Waals surface area contributed by atoms with Crippen LogP contribution in [0.3, 0.4) is 0 Å². The lowest BCUT2D eigenvalue weighted by Crippen LogP contribution is -2.34. The van der Waals surface area contributed by atoms with Gasteiger partial charge in [-0.05, 0) is 61.7 Å². The summed E-state index contributed by atoms with van der Waals surface area (Å²) in [5.74, 6) is 0.344. The Kier molecular flexibility index (Phi) is 4.57. The average molecular weight is 318 g/mol. The molecular formula is C15H21F3N2S. The van der Waals surface area contributed by atoms with Crippen molar-refractivity contribution in [2.24, 2.45) is 5.92 Å². The van der Waals surface area contributed by atoms with Crippen molar-refractivity contribution in [2.45, 2.75) is 37.9 Å². The van der Waals surface area contributed by atoms with Crippen molar-refractivity contribution in [1.82, 2.24) is 10.2 Å². The van der Waals surface area contributed by atoms with Gasteiger partial charge in [-0.1, -0.05) is 0 Å². The molecule has 1 aliphatic heterocycles. The Morgan fingerprint density at radius 1 is 1.33 bits per heavy atom. The Balaban J connectivity index is 1.47. The van der Waals surface area contributed by atoms with Crippen LogP contribution >= 0.6 is 11.3 Å². The summed E-state index contributed by atoms with van der Waals surface area (Å²) in [6.45, 7) is 1.20. The van der Waals surface area contributed by atoms with Gasteiger partial charge in [0.15, 0.2) is 0 Å². The molecule has 0 bridgehead atoms. The van der Waals surface area contributed by atoms with E-state index in [4.69, 9.17) is 0 Å². The van der Waals surface area contributed by atoms with Gasteiger partial charge in [-0.15, -0.1) is 11.3 Å². The Morgan fingerprint density at radius 2 is 2.19 bits per heavy atom. The zero-order valence-corrected chi connectivity index (χ0v) is 12.8. The molecule has 0 aromatic carbocycles. The van der Waals surface area contributed by atoms with E-state index in [9.17, 15) is 13.2 Å². The maximum absolute atomic E-state index is 12.4. The van der Waals surface area contributed by atoms with Gasteiger partial charge < -0.3 is 5.32 Å². The number of thiophene rings is 1. The number of fused-ring (bicyclic) bond motifs is 1. The molecule has 2 atom stereocenters. The van der Waals surface area contributed by atoms with Gasteiger partial charge in [-0.2, -0.15) is 13.2 Å². The van der Waals surface area contributed by atoms with E-state index >= 15 is 0 Å². The molecule has 21 heavy (non-hydrogen) atoms. The molecule has 1 saturated heterocycles. The quantitative estimate of drug-likeness (QED) is 0.912. The van der Waals surface area contributed by atoms with Crippen LogP contribution in [0.5, 0.6) is 0 Å². The third-order valence-electron chi connectivity index (χ3n) is 4.48. The Morgan fingerprint density at radius 3 is 3.00 bits per heavy atom. The molecule has 0 amide bonds. The summed E-state index contributed by atoms with van der Waals surface area (Å²) in [5.41, 5.74) is 1.41. The standard InChI is InChI=1S/C15H21F3N2S/c16-15(17,18)10-20-6-4-11(9-20)8-19-13-2-1-3-14-12(13)5-7-21-14/h5,7,11,13,19H,1-4,6,8-10H2. The average Bonchev–Trinajstić information content (AvgIpc) is 3.03. The number of likely N-dealkylation sites (tertiary alicyclic amines) is 1. The second kappa shape index (κ2) is 6.26. The minimum Gasteiger partial charge on any atom is -0.310 e. The fourth-order valence-corrected chi connectivity index (χ4v) is 4.47. The topological polar surface area (TPSA) is 15.3 Å². The lowest BCUT2D eigenvalue weighted by Gasteiger charge is -2.25. The largest absolute Gasteiger partial charge is 0.401 e. The summed E-state index contributed by atoms with van der Waals surface area (Å²) in [7, 11) is 0. The molecule has 118 valence electrons. The van der Waals surface area contributed by atoms with Gasteiger partial charge in [0.05, 0.1) is 6.54 Å². The third kappa shape index (κ3) is 3.99. The molecule has 0 saturated carbocycles. The predicted octanol–water partition coefficient (Wildman–Crippen LogP) is 3.60. The number of halogens is 3. The van der Waals surface area contributed by atoms with Gasteiger partial charge in [0, 0.05) is 17.5 Å². The van der Waals surface area contributed by atoms with Crippen molar-refractivity contribution in [3.05, 3.63) is 21.9 Å². The van der Waals surface area contributed by atoms with E-state index in [-0.39, 0.29) is 0 Å². The minimum atomic E-state index is -4.07. The fraction of sp³-hybridized carbons (Fsp3) is 0.733. The van der Waals surface area contributed by atoms with Crippen LogP contribution in [0.25, 0.3) is 0 Å². The van der Waals surface area contributed by atoms with Crippen molar-refractivity contribution in [3.8, 4) is 0 Å². The SMILES string of the molecule is FC(F)(F)CN1CCC(CNC2CCCc3sccc32)C1. The molecule has 1 aliphatic carbocycles. The highest BCUT2D eigenvalue weighted by Gasteiger charge is 2.34. The van der Waals surface area contributed by atoms with Crippen LogP contribution < -0.4 is 5.32 Å². The molecule has 2 aliphatic rings. The molecular weight excluding hydrogens is 297 g/mol. The van der Waals surface area contributed by atoms with E-state index < -0.39 is 12.7 Å². The maximum Gasteiger partial charge on any atom is 0.401 e. The minimum absolute atomic E-state index is 0.344. The monoisotopic (exact) mass is 318 g/mol. The highest BCUT2D eigenvalue weighted by Crippen LogP contribution is 2.33. The maximum atomic E-state index is 12.4. The van der Waals surface area contributed by atoms with E-state index in [1.165, 1.54) is 28.2 Å². The van der Waals surface area contributed by atoms with Crippen LogP contribution in [0.4, 0.5) is 13.2 Å². The van der Waals surface area contributed by atoms with Crippen molar-refractivity contribution in [2.75, 3.05) is 26.2 Å². The zero-order chi connectivity index (χ0) is 14.9. The Hall–Kier alpha value is -0.590. The Labute approximate surface area is 127 Å². The highest BCUT2D eigenvalue weighted by atomic mass is 32.1. The number of alkyl halides is 3. The van der Waals surface area contributed by atoms with E-state index in [0.717, 1.165) is 19.4 Å². The number of hydrogen-bond donors (Lipinski definition) is 1. The summed E-state index contributed by atoms with van der Waals surface area (Å²) in [4.78, 5) is 3.01. The van der Waals surface area contributed by atoms with E-state index in [1.807, 2.05) is 11.3 Å². The fourth-order valence-electron chi connectivity index (χ4n) is 3.48. The number of rotatable bonds is 4. The molecule has 6 heteroatoms. The first-order chi connectivity index (χ1) is 10.0. The molecule has 0 radical (unpaired) electrons. The summed E-state index contributed by atoms with van der Waals surface area (Å²) in [6.07, 6.45) is 0.316. The molecule has 1 fully saturated rings. The highest BCUT2D eigenvalue weighted by molar-refractivity contribution is 7.10. The van der Waals surface area contributed by atoms with Crippen molar-refractivity contribution >= 4 is 11.3 Å². The van der Waals surface area contributed by atoms with Crippen molar-refractivity contribution < 1.29 is 13.2 Å². The van der Waals surface area contributed by atoms with Gasteiger partial charge >= 0.3 is 6.18 Å². The Bertz CT molecular complexity index is 472. The smallest absolute Gasteiger partial charge is 0.310 e. The summed E-state index contributed by atoms with van der Waals surface area (Å²) in [6, 6.07) is 2.60. The van der Waals surface area contributed by atoms with Crippen LogP contribution in [-0.4, -0.2) is 37.3 Å². The van der Waals surface area contributed by atoms with Gasteiger partial charge in [-0.3, -0.25) is 4.90 Å². The second-order valence-corrected chi connectivity index (χ2v) is 7.16. The molecule has 0 spiro atoms. The van der Waals surface area contributed by atoms with E-state index in [0.29, 0.717) is 25.0 Å². The van der Waals surface area contributed by atoms with Gasteiger partial charge in [-0.25, -0.2) is 0 Å². The summed E-state index contributed by atoms with van der Waals surface area (Å²) in [5, 5.41) is 5.73. The molecule has 1 N–H and O–H groups in total. The van der Waals surface area contributed by atoms with Crippen LogP contribution in [0.15, 0.2) is 11.4 Å². The van der Waals surface area contributed by atoms with E-state index in [2.05, 4.69) is 16.8 Å². The predicted molar refractivity (Wildman–Crippen MR) is 78.6 cm³/mol. The third-order valence-corrected chi connectivity index (χ3v) is 5.47. The van der Waals surface area contributed by atoms with Crippen LogP contribution in [0.1, 0.15) is 35.7 Å². The van der Waals surface area contributed by atoms with Gasteiger partial charge in [0.1, 0.15) is 0 Å². The molecule has 1 aromatic heterocycles. The van der Waals surface area contributed by atoms with Crippen LogP contribution in [0, 0.1) is 5.92 Å². The first-order valence-electron chi connectivity index (χ1n) is 7.60. The molecule has 3 rings (SSSR count). The molecule has 1 aromatic rings. The lowest BCUT2D eigenvalue weighted by molar-refractivity contribution is -0.143. The van der Waals surface area contributed by atoms with Crippen molar-refractivity contribution in [3.63, 3.8) is 0 Å². The number of nitrogens with zero attached hydrogens (tertiary/aromatic N) is 1. The molecule has 2 heterocycles. The zero-order valence-electron chi connectivity index (χ0n) is 12.0. The van der Waals surface area contributed by atoms with E-state index in [1.54, 1.807) is 0 Å². The number of hydrogen-bond acceptors (Lipinski definition) is 3. The van der Waals surface area contributed by atoms with Crippen LogP contribution in [0.2, 0.25) is 0 Å². The van der Waals surface area contributed by atoms with Gasteiger partial charge in [0.25, 0.3) is 0 Å². The van der Waals surface area contributed by atoms with Gasteiger partial charge in [0.2, 0.25) is 0 Å². The number of aryl methyl sites for hydroxylation is 1. The lowest BCUT2D eigenvalue weighted by atomic mass is 9.93. The molecule has 2 unspecified atom stereocenters. The second-order valence-electron chi connectivity index (χ2n) is 6.16. The molecule has 2 nitrogen and oxygen atoms in total. The first-order valence-corrected chi connectivity index (χ1v) is 8.48. The first kappa shape index (κ1) is 15.3. The normalized spacial score (nSPS) is 27.0. The van der Waals surface area contributed by atoms with Crippen LogP contribution in [-0.2, 0) is 6.42 Å². The number of nitrogens with one attached hydrogen (secondary N) is 1. The summed E-state index contributed by atoms with van der Waals surface area (Å²) < 4.78 is 37.2. The van der Waals surface area contributed by atoms with Crippen molar-refractivity contribution in [1.29, 1.82) is 0 Å². The summed E-state index contributed by atoms with van der Waals surface area (Å²) >= 11 is 1.82.